The highest BCUT2D eigenvalue weighted by Gasteiger charge is 2.31. The lowest BCUT2D eigenvalue weighted by Gasteiger charge is -2.22. The SMILES string of the molecule is C[C@@H]1Cc2ccccc2N1C(=O)Cn1c(=O)n(C)c2ncccc21. The molecule has 24 heavy (non-hydrogen) atoms. The van der Waals surface area contributed by atoms with E-state index in [1.54, 1.807) is 24.2 Å². The Balaban J connectivity index is 1.74. The molecule has 0 unspecified atom stereocenters. The molecule has 0 N–H and O–H groups in total. The van der Waals surface area contributed by atoms with Crippen LogP contribution in [0.25, 0.3) is 11.2 Å². The van der Waals surface area contributed by atoms with Crippen LogP contribution in [-0.4, -0.2) is 26.1 Å². The summed E-state index contributed by atoms with van der Waals surface area (Å²) in [6, 6.07) is 11.6. The molecule has 0 radical (unpaired) electrons. The number of carbonyl (C=O) groups excluding carboxylic acids is 1. The van der Waals surface area contributed by atoms with Crippen LogP contribution < -0.4 is 10.6 Å². The predicted octanol–water partition coefficient (Wildman–Crippen LogP) is 1.71. The minimum atomic E-state index is -0.225. The summed E-state index contributed by atoms with van der Waals surface area (Å²) in [5.74, 6) is -0.0779. The number of rotatable bonds is 2. The topological polar surface area (TPSA) is 60.1 Å². The van der Waals surface area contributed by atoms with E-state index >= 15 is 0 Å². The van der Waals surface area contributed by atoms with E-state index in [1.165, 1.54) is 14.7 Å². The molecule has 1 aliphatic heterocycles. The van der Waals surface area contributed by atoms with Gasteiger partial charge in [0.15, 0.2) is 5.65 Å². The maximum atomic E-state index is 12.9. The van der Waals surface area contributed by atoms with Crippen LogP contribution in [0.3, 0.4) is 0 Å². The molecule has 1 aliphatic rings. The Morgan fingerprint density at radius 1 is 1.25 bits per heavy atom. The van der Waals surface area contributed by atoms with Gasteiger partial charge < -0.3 is 4.90 Å². The Kier molecular flexibility index (Phi) is 3.26. The lowest BCUT2D eigenvalue weighted by atomic mass is 10.1. The van der Waals surface area contributed by atoms with Crippen LogP contribution in [0.2, 0.25) is 0 Å². The largest absolute Gasteiger partial charge is 0.330 e. The normalized spacial score (nSPS) is 16.6. The summed E-state index contributed by atoms with van der Waals surface area (Å²) in [5.41, 5.74) is 3.16. The molecular weight excluding hydrogens is 304 g/mol. The molecule has 0 aliphatic carbocycles. The number of hydrogen-bond acceptors (Lipinski definition) is 3. The van der Waals surface area contributed by atoms with Crippen molar-refractivity contribution in [3.05, 3.63) is 58.6 Å². The number of para-hydroxylation sites is 1. The molecule has 1 aromatic carbocycles. The van der Waals surface area contributed by atoms with E-state index in [9.17, 15) is 9.59 Å². The quantitative estimate of drug-likeness (QED) is 0.722. The fourth-order valence-electron chi connectivity index (χ4n) is 3.54. The maximum absolute atomic E-state index is 12.9. The van der Waals surface area contributed by atoms with Crippen molar-refractivity contribution >= 4 is 22.8 Å². The number of nitrogens with zero attached hydrogens (tertiary/aromatic N) is 4. The van der Waals surface area contributed by atoms with Crippen molar-refractivity contribution < 1.29 is 4.79 Å². The first-order valence-corrected chi connectivity index (χ1v) is 7.98. The monoisotopic (exact) mass is 322 g/mol. The Morgan fingerprint density at radius 3 is 2.88 bits per heavy atom. The minimum Gasteiger partial charge on any atom is -0.307 e. The average molecular weight is 322 g/mol. The van der Waals surface area contributed by atoms with Crippen LogP contribution in [0.5, 0.6) is 0 Å². The predicted molar refractivity (Wildman–Crippen MR) is 92.1 cm³/mol. The molecule has 0 saturated carbocycles. The number of pyridine rings is 1. The zero-order chi connectivity index (χ0) is 16.8. The van der Waals surface area contributed by atoms with Crippen molar-refractivity contribution in [3.8, 4) is 0 Å². The second-order valence-corrected chi connectivity index (χ2v) is 6.22. The molecule has 4 rings (SSSR count). The van der Waals surface area contributed by atoms with E-state index in [4.69, 9.17) is 0 Å². The van der Waals surface area contributed by atoms with Crippen molar-refractivity contribution in [1.82, 2.24) is 14.1 Å². The standard InChI is InChI=1S/C18H18N4O2/c1-12-10-13-6-3-4-7-14(13)22(12)16(23)11-21-15-8-5-9-19-17(15)20(2)18(21)24/h3-9,12H,10-11H2,1-2H3/t12-/m1/s1. The first kappa shape index (κ1) is 14.7. The third kappa shape index (κ3) is 2.06. The molecule has 122 valence electrons. The molecule has 0 saturated heterocycles. The van der Waals surface area contributed by atoms with Crippen LogP contribution in [0.15, 0.2) is 47.4 Å². The Bertz CT molecular complexity index is 1000. The first-order valence-electron chi connectivity index (χ1n) is 7.98. The molecule has 1 atom stereocenters. The number of aromatic nitrogens is 3. The first-order chi connectivity index (χ1) is 11.6. The highest BCUT2D eigenvalue weighted by molar-refractivity contribution is 5.96. The summed E-state index contributed by atoms with van der Waals surface area (Å²) in [7, 11) is 1.67. The molecule has 6 heteroatoms. The van der Waals surface area contributed by atoms with Gasteiger partial charge in [-0.2, -0.15) is 0 Å². The molecule has 2 aromatic heterocycles. The van der Waals surface area contributed by atoms with E-state index in [0.29, 0.717) is 11.2 Å². The summed E-state index contributed by atoms with van der Waals surface area (Å²) in [4.78, 5) is 31.4. The number of aryl methyl sites for hydroxylation is 1. The van der Waals surface area contributed by atoms with Crippen LogP contribution >= 0.6 is 0 Å². The lowest BCUT2D eigenvalue weighted by Crippen LogP contribution is -2.40. The number of carbonyl (C=O) groups is 1. The Morgan fingerprint density at radius 2 is 2.04 bits per heavy atom. The smallest absolute Gasteiger partial charge is 0.307 e. The number of hydrogen-bond donors (Lipinski definition) is 0. The van der Waals surface area contributed by atoms with Crippen molar-refractivity contribution in [2.45, 2.75) is 25.9 Å². The fraction of sp³-hybridized carbons (Fsp3) is 0.278. The summed E-state index contributed by atoms with van der Waals surface area (Å²) >= 11 is 0. The molecule has 3 aromatic rings. The summed E-state index contributed by atoms with van der Waals surface area (Å²) in [6.07, 6.45) is 2.49. The van der Waals surface area contributed by atoms with Gasteiger partial charge in [-0.15, -0.1) is 0 Å². The van der Waals surface area contributed by atoms with Gasteiger partial charge in [-0.05, 0) is 37.1 Å². The van der Waals surface area contributed by atoms with Crippen LogP contribution in [-0.2, 0) is 24.8 Å². The second kappa shape index (κ2) is 5.33. The van der Waals surface area contributed by atoms with E-state index in [2.05, 4.69) is 4.98 Å². The Hall–Kier alpha value is -2.89. The zero-order valence-electron chi connectivity index (χ0n) is 13.6. The summed E-state index contributed by atoms with van der Waals surface area (Å²) < 4.78 is 2.97. The molecule has 3 heterocycles. The van der Waals surface area contributed by atoms with Gasteiger partial charge >= 0.3 is 5.69 Å². The maximum Gasteiger partial charge on any atom is 0.330 e. The summed E-state index contributed by atoms with van der Waals surface area (Å²) in [6.45, 7) is 2.05. The fourth-order valence-corrected chi connectivity index (χ4v) is 3.54. The molecule has 6 nitrogen and oxygen atoms in total. The third-order valence-corrected chi connectivity index (χ3v) is 4.66. The van der Waals surface area contributed by atoms with Gasteiger partial charge in [-0.25, -0.2) is 9.78 Å². The zero-order valence-corrected chi connectivity index (χ0v) is 13.6. The Labute approximate surface area is 139 Å². The highest BCUT2D eigenvalue weighted by atomic mass is 16.2. The lowest BCUT2D eigenvalue weighted by molar-refractivity contribution is -0.119. The van der Waals surface area contributed by atoms with E-state index in [0.717, 1.165) is 12.1 Å². The minimum absolute atomic E-state index is 0.0144. The summed E-state index contributed by atoms with van der Waals surface area (Å²) in [5, 5.41) is 0. The van der Waals surface area contributed by atoms with Gasteiger partial charge in [-0.3, -0.25) is 13.9 Å². The van der Waals surface area contributed by atoms with Gasteiger partial charge in [0.05, 0.1) is 5.52 Å². The molecule has 0 fully saturated rings. The van der Waals surface area contributed by atoms with Crippen molar-refractivity contribution in [3.63, 3.8) is 0 Å². The number of amides is 1. The molecule has 0 spiro atoms. The van der Waals surface area contributed by atoms with Gasteiger partial charge in [0.1, 0.15) is 6.54 Å². The van der Waals surface area contributed by atoms with Gasteiger partial charge in [-0.1, -0.05) is 18.2 Å². The van der Waals surface area contributed by atoms with Gasteiger partial charge in [0.2, 0.25) is 5.91 Å². The van der Waals surface area contributed by atoms with Gasteiger partial charge in [0, 0.05) is 25.0 Å². The van der Waals surface area contributed by atoms with Crippen LogP contribution in [0, 0.1) is 0 Å². The van der Waals surface area contributed by atoms with E-state index < -0.39 is 0 Å². The average Bonchev–Trinajstić information content (AvgIpc) is 3.04. The van der Waals surface area contributed by atoms with Crippen molar-refractivity contribution in [1.29, 1.82) is 0 Å². The molecular formula is C18H18N4O2. The van der Waals surface area contributed by atoms with Gasteiger partial charge in [0.25, 0.3) is 0 Å². The van der Waals surface area contributed by atoms with E-state index in [1.807, 2.05) is 37.3 Å². The number of fused-ring (bicyclic) bond motifs is 2. The van der Waals surface area contributed by atoms with E-state index in [-0.39, 0.29) is 24.2 Å². The van der Waals surface area contributed by atoms with Crippen molar-refractivity contribution in [2.24, 2.45) is 7.05 Å². The number of imidazole rings is 1. The number of benzene rings is 1. The third-order valence-electron chi connectivity index (χ3n) is 4.66. The highest BCUT2D eigenvalue weighted by Crippen LogP contribution is 2.32. The van der Waals surface area contributed by atoms with Crippen LogP contribution in [0.1, 0.15) is 12.5 Å². The second-order valence-electron chi connectivity index (χ2n) is 6.22. The molecule has 0 bridgehead atoms. The molecule has 1 amide bonds. The van der Waals surface area contributed by atoms with Crippen molar-refractivity contribution in [2.75, 3.05) is 4.90 Å². The number of anilines is 1. The van der Waals surface area contributed by atoms with Crippen LogP contribution in [0.4, 0.5) is 5.69 Å².